The van der Waals surface area contributed by atoms with Gasteiger partial charge in [-0.2, -0.15) is 0 Å². The number of methoxy groups -OCH3 is 1. The van der Waals surface area contributed by atoms with E-state index in [0.29, 0.717) is 17.4 Å². The van der Waals surface area contributed by atoms with Crippen molar-refractivity contribution in [3.8, 4) is 5.75 Å². The molecule has 0 saturated heterocycles. The Morgan fingerprint density at radius 1 is 0.857 bits per heavy atom. The van der Waals surface area contributed by atoms with E-state index in [1.54, 1.807) is 37.4 Å². The number of anilines is 1. The number of rotatable bonds is 7. The molecule has 0 amide bonds. The first-order valence-electron chi connectivity index (χ1n) is 9.23. The Balaban J connectivity index is 2.08. The number of hydrogen-bond acceptors (Lipinski definition) is 3. The molecule has 0 aliphatic carbocycles. The molecular weight excluding hydrogens is 370 g/mol. The van der Waals surface area contributed by atoms with Gasteiger partial charge in [0.1, 0.15) is 5.75 Å². The van der Waals surface area contributed by atoms with Gasteiger partial charge in [0, 0.05) is 5.56 Å². The number of ether oxygens (including phenoxy) is 1. The van der Waals surface area contributed by atoms with Crippen LogP contribution in [-0.2, 0) is 16.6 Å². The molecule has 0 aromatic heterocycles. The van der Waals surface area contributed by atoms with Crippen LogP contribution >= 0.6 is 0 Å². The van der Waals surface area contributed by atoms with Crippen LogP contribution in [0.15, 0.2) is 83.8 Å². The van der Waals surface area contributed by atoms with Gasteiger partial charge in [0.05, 0.1) is 24.2 Å². The Morgan fingerprint density at radius 3 is 2.07 bits per heavy atom. The average Bonchev–Trinajstić information content (AvgIpc) is 2.73. The van der Waals surface area contributed by atoms with Gasteiger partial charge in [-0.3, -0.25) is 4.31 Å². The largest absolute Gasteiger partial charge is 0.496 e. The molecule has 0 saturated carbocycles. The number of nitrogens with zero attached hydrogens (tertiary/aromatic N) is 1. The molecule has 0 aliphatic rings. The minimum atomic E-state index is -3.73. The lowest BCUT2D eigenvalue weighted by atomic mass is 10.0. The molecule has 3 aromatic carbocycles. The summed E-state index contributed by atoms with van der Waals surface area (Å²) in [7, 11) is -2.14. The highest BCUT2D eigenvalue weighted by Crippen LogP contribution is 2.30. The van der Waals surface area contributed by atoms with Crippen LogP contribution in [0.3, 0.4) is 0 Å². The van der Waals surface area contributed by atoms with Crippen LogP contribution < -0.4 is 9.04 Å². The second-order valence-corrected chi connectivity index (χ2v) is 8.75. The lowest BCUT2D eigenvalue weighted by Crippen LogP contribution is -2.30. The molecule has 4 nitrogen and oxygen atoms in total. The van der Waals surface area contributed by atoms with Crippen molar-refractivity contribution in [1.29, 1.82) is 0 Å². The summed E-state index contributed by atoms with van der Waals surface area (Å²) < 4.78 is 33.7. The first-order chi connectivity index (χ1) is 13.4. The highest BCUT2D eigenvalue weighted by molar-refractivity contribution is 7.92. The van der Waals surface area contributed by atoms with Crippen LogP contribution in [0.25, 0.3) is 0 Å². The standard InChI is InChI=1S/C23H25NO3S/c1-18(2)19-13-15-21(16-14-19)24(17-20-9-7-8-12-23(20)27-3)28(25,26)22-10-5-4-6-11-22/h4-16,18H,17H2,1-3H3. The normalized spacial score (nSPS) is 11.4. The maximum atomic E-state index is 13.4. The molecule has 0 atom stereocenters. The molecule has 3 aromatic rings. The summed E-state index contributed by atoms with van der Waals surface area (Å²) in [5, 5.41) is 0. The zero-order valence-corrected chi connectivity index (χ0v) is 17.2. The van der Waals surface area contributed by atoms with Crippen molar-refractivity contribution in [3.63, 3.8) is 0 Å². The van der Waals surface area contributed by atoms with Gasteiger partial charge in [-0.15, -0.1) is 0 Å². The SMILES string of the molecule is COc1ccccc1CN(c1ccc(C(C)C)cc1)S(=O)(=O)c1ccccc1. The van der Waals surface area contributed by atoms with Gasteiger partial charge in [0.25, 0.3) is 10.0 Å². The van der Waals surface area contributed by atoms with E-state index in [0.717, 1.165) is 11.1 Å². The first-order valence-corrected chi connectivity index (χ1v) is 10.7. The maximum absolute atomic E-state index is 13.4. The molecule has 0 unspecified atom stereocenters. The summed E-state index contributed by atoms with van der Waals surface area (Å²) >= 11 is 0. The third kappa shape index (κ3) is 4.20. The van der Waals surface area contributed by atoms with Gasteiger partial charge < -0.3 is 4.74 Å². The van der Waals surface area contributed by atoms with Crippen molar-refractivity contribution in [2.45, 2.75) is 31.2 Å². The van der Waals surface area contributed by atoms with Crippen molar-refractivity contribution >= 4 is 15.7 Å². The van der Waals surface area contributed by atoms with Gasteiger partial charge in [-0.1, -0.05) is 62.4 Å². The molecule has 0 heterocycles. The highest BCUT2D eigenvalue weighted by atomic mass is 32.2. The van der Waals surface area contributed by atoms with Gasteiger partial charge in [0.2, 0.25) is 0 Å². The molecule has 3 rings (SSSR count). The van der Waals surface area contributed by atoms with E-state index < -0.39 is 10.0 Å². The number of sulfonamides is 1. The molecule has 28 heavy (non-hydrogen) atoms. The third-order valence-corrected chi connectivity index (χ3v) is 6.47. The second-order valence-electron chi connectivity index (χ2n) is 6.88. The molecule has 0 aliphatic heterocycles. The van der Waals surface area contributed by atoms with Crippen molar-refractivity contribution in [2.24, 2.45) is 0 Å². The van der Waals surface area contributed by atoms with E-state index in [1.165, 1.54) is 4.31 Å². The van der Waals surface area contributed by atoms with Crippen LogP contribution in [0, 0.1) is 0 Å². The van der Waals surface area contributed by atoms with Crippen molar-refractivity contribution in [2.75, 3.05) is 11.4 Å². The van der Waals surface area contributed by atoms with Gasteiger partial charge in [-0.25, -0.2) is 8.42 Å². The zero-order valence-electron chi connectivity index (χ0n) is 16.4. The predicted molar refractivity (Wildman–Crippen MR) is 113 cm³/mol. The molecule has 5 heteroatoms. The van der Waals surface area contributed by atoms with E-state index in [-0.39, 0.29) is 11.4 Å². The quantitative estimate of drug-likeness (QED) is 0.551. The van der Waals surface area contributed by atoms with E-state index in [9.17, 15) is 8.42 Å². The van der Waals surface area contributed by atoms with E-state index in [1.807, 2.05) is 48.5 Å². The second kappa shape index (κ2) is 8.48. The lowest BCUT2D eigenvalue weighted by molar-refractivity contribution is 0.410. The summed E-state index contributed by atoms with van der Waals surface area (Å²) in [5.41, 5.74) is 2.59. The molecular formula is C23H25NO3S. The number of para-hydroxylation sites is 1. The summed E-state index contributed by atoms with van der Waals surface area (Å²) in [6.45, 7) is 4.41. The molecule has 146 valence electrons. The van der Waals surface area contributed by atoms with Crippen LogP contribution in [-0.4, -0.2) is 15.5 Å². The Kier molecular flexibility index (Phi) is 6.05. The molecule has 0 fully saturated rings. The van der Waals surface area contributed by atoms with Crippen molar-refractivity contribution < 1.29 is 13.2 Å². The minimum Gasteiger partial charge on any atom is -0.496 e. The molecule has 0 bridgehead atoms. The molecule has 0 spiro atoms. The zero-order chi connectivity index (χ0) is 20.1. The van der Waals surface area contributed by atoms with Crippen molar-refractivity contribution in [1.82, 2.24) is 0 Å². The highest BCUT2D eigenvalue weighted by Gasteiger charge is 2.26. The fourth-order valence-corrected chi connectivity index (χ4v) is 4.51. The fourth-order valence-electron chi connectivity index (χ4n) is 3.05. The topological polar surface area (TPSA) is 46.6 Å². The van der Waals surface area contributed by atoms with E-state index in [2.05, 4.69) is 13.8 Å². The maximum Gasteiger partial charge on any atom is 0.264 e. The summed E-state index contributed by atoms with van der Waals surface area (Å²) in [4.78, 5) is 0.262. The van der Waals surface area contributed by atoms with Crippen LogP contribution in [0.1, 0.15) is 30.9 Å². The number of benzene rings is 3. The van der Waals surface area contributed by atoms with Gasteiger partial charge in [0.15, 0.2) is 0 Å². The monoisotopic (exact) mass is 395 g/mol. The molecule has 0 N–H and O–H groups in total. The smallest absolute Gasteiger partial charge is 0.264 e. The Hall–Kier alpha value is -2.79. The van der Waals surface area contributed by atoms with Crippen LogP contribution in [0.2, 0.25) is 0 Å². The van der Waals surface area contributed by atoms with Gasteiger partial charge in [-0.05, 0) is 41.8 Å². The summed E-state index contributed by atoms with van der Waals surface area (Å²) in [6, 6.07) is 23.7. The van der Waals surface area contributed by atoms with E-state index >= 15 is 0 Å². The third-order valence-electron chi connectivity index (χ3n) is 4.69. The Bertz CT molecular complexity index is 1010. The lowest BCUT2D eigenvalue weighted by Gasteiger charge is -2.26. The average molecular weight is 396 g/mol. The van der Waals surface area contributed by atoms with Crippen LogP contribution in [0.5, 0.6) is 5.75 Å². The fraction of sp³-hybridized carbons (Fsp3) is 0.217. The Morgan fingerprint density at radius 2 is 1.46 bits per heavy atom. The Labute approximate surface area is 167 Å². The van der Waals surface area contributed by atoms with E-state index in [4.69, 9.17) is 4.74 Å². The summed E-state index contributed by atoms with van der Waals surface area (Å²) in [6.07, 6.45) is 0. The van der Waals surface area contributed by atoms with Crippen LogP contribution in [0.4, 0.5) is 5.69 Å². The summed E-state index contributed by atoms with van der Waals surface area (Å²) in [5.74, 6) is 1.04. The van der Waals surface area contributed by atoms with Crippen molar-refractivity contribution in [3.05, 3.63) is 90.0 Å². The predicted octanol–water partition coefficient (Wildman–Crippen LogP) is 5.21. The van der Waals surface area contributed by atoms with Gasteiger partial charge >= 0.3 is 0 Å². The first kappa shape index (κ1) is 20.0. The minimum absolute atomic E-state index is 0.183. The number of hydrogen-bond donors (Lipinski definition) is 0. The molecule has 0 radical (unpaired) electrons.